The van der Waals surface area contributed by atoms with E-state index >= 15 is 0 Å². The lowest BCUT2D eigenvalue weighted by molar-refractivity contribution is 0.415. The first kappa shape index (κ1) is 16.2. The highest BCUT2D eigenvalue weighted by atomic mass is 79.9. The van der Waals surface area contributed by atoms with E-state index in [0.29, 0.717) is 17.3 Å². The molecular formula is C17H15BrN4O2. The minimum absolute atomic E-state index is 0.259. The fourth-order valence-electron chi connectivity index (χ4n) is 2.19. The van der Waals surface area contributed by atoms with E-state index in [2.05, 4.69) is 36.4 Å². The molecule has 3 rings (SSSR count). The second kappa shape index (κ2) is 6.84. The molecular weight excluding hydrogens is 372 g/mol. The highest BCUT2D eigenvalue weighted by Crippen LogP contribution is 2.22. The number of hydrogen-bond donors (Lipinski definition) is 2. The van der Waals surface area contributed by atoms with Gasteiger partial charge in [-0.15, -0.1) is 10.2 Å². The van der Waals surface area contributed by atoms with E-state index in [-0.39, 0.29) is 11.3 Å². The molecule has 0 aliphatic heterocycles. The van der Waals surface area contributed by atoms with Gasteiger partial charge >= 0.3 is 0 Å². The van der Waals surface area contributed by atoms with E-state index in [1.165, 1.54) is 0 Å². The van der Waals surface area contributed by atoms with Crippen LogP contribution in [0.4, 0.5) is 11.6 Å². The number of H-pyrrole nitrogens is 1. The summed E-state index contributed by atoms with van der Waals surface area (Å²) >= 11 is 3.45. The SMILES string of the molecule is COc1ccc(-c2nnc(Nc3ccc(Br)c(C)c3)[nH]c2=O)cc1. The lowest BCUT2D eigenvalue weighted by Gasteiger charge is -2.07. The summed E-state index contributed by atoms with van der Waals surface area (Å²) in [5, 5.41) is 11.1. The van der Waals surface area contributed by atoms with Crippen LogP contribution in [0.5, 0.6) is 5.75 Å². The molecule has 0 unspecified atom stereocenters. The van der Waals surface area contributed by atoms with Gasteiger partial charge in [-0.05, 0) is 55.0 Å². The number of aromatic amines is 1. The van der Waals surface area contributed by atoms with E-state index in [1.807, 2.05) is 25.1 Å². The molecule has 0 bridgehead atoms. The highest BCUT2D eigenvalue weighted by Gasteiger charge is 2.08. The Bertz CT molecular complexity index is 923. The maximum Gasteiger partial charge on any atom is 0.279 e. The Morgan fingerprint density at radius 3 is 2.50 bits per heavy atom. The maximum atomic E-state index is 12.3. The summed E-state index contributed by atoms with van der Waals surface area (Å²) < 4.78 is 6.12. The van der Waals surface area contributed by atoms with Crippen LogP contribution in [0.25, 0.3) is 11.3 Å². The Morgan fingerprint density at radius 2 is 1.88 bits per heavy atom. The van der Waals surface area contributed by atoms with E-state index in [4.69, 9.17) is 4.74 Å². The molecule has 24 heavy (non-hydrogen) atoms. The molecule has 1 aromatic heterocycles. The monoisotopic (exact) mass is 386 g/mol. The maximum absolute atomic E-state index is 12.3. The van der Waals surface area contributed by atoms with Gasteiger partial charge in [0.15, 0.2) is 5.69 Å². The molecule has 6 nitrogen and oxygen atoms in total. The fourth-order valence-corrected chi connectivity index (χ4v) is 2.44. The molecule has 0 saturated carbocycles. The molecule has 0 atom stereocenters. The molecule has 2 aromatic carbocycles. The van der Waals surface area contributed by atoms with Gasteiger partial charge in [-0.25, -0.2) is 0 Å². The molecule has 0 aliphatic rings. The number of ether oxygens (including phenoxy) is 1. The molecule has 0 fully saturated rings. The van der Waals surface area contributed by atoms with Crippen molar-refractivity contribution in [1.29, 1.82) is 0 Å². The number of benzene rings is 2. The van der Waals surface area contributed by atoms with Gasteiger partial charge in [0.2, 0.25) is 5.95 Å². The van der Waals surface area contributed by atoms with Crippen LogP contribution in [0.15, 0.2) is 51.7 Å². The van der Waals surface area contributed by atoms with Gasteiger partial charge < -0.3 is 10.1 Å². The van der Waals surface area contributed by atoms with Crippen LogP contribution in [0.2, 0.25) is 0 Å². The largest absolute Gasteiger partial charge is 0.497 e. The average molecular weight is 387 g/mol. The lowest BCUT2D eigenvalue weighted by atomic mass is 10.1. The number of methoxy groups -OCH3 is 1. The van der Waals surface area contributed by atoms with Crippen molar-refractivity contribution in [3.05, 3.63) is 62.9 Å². The van der Waals surface area contributed by atoms with Crippen LogP contribution >= 0.6 is 15.9 Å². The Kier molecular flexibility index (Phi) is 4.61. The second-order valence-electron chi connectivity index (χ2n) is 5.17. The number of rotatable bonds is 4. The first-order valence-electron chi connectivity index (χ1n) is 7.21. The third-order valence-corrected chi connectivity index (χ3v) is 4.37. The number of aromatic nitrogens is 3. The van der Waals surface area contributed by atoms with Crippen molar-refractivity contribution in [3.8, 4) is 17.0 Å². The Hall–Kier alpha value is -2.67. The zero-order valence-corrected chi connectivity index (χ0v) is 14.7. The molecule has 7 heteroatoms. The summed E-state index contributed by atoms with van der Waals surface area (Å²) in [5.74, 6) is 1.01. The summed E-state index contributed by atoms with van der Waals surface area (Å²) in [7, 11) is 1.59. The summed E-state index contributed by atoms with van der Waals surface area (Å²) in [6.45, 7) is 1.98. The number of aryl methyl sites for hydroxylation is 1. The van der Waals surface area contributed by atoms with Crippen molar-refractivity contribution in [2.45, 2.75) is 6.92 Å². The quantitative estimate of drug-likeness (QED) is 0.714. The predicted molar refractivity (Wildman–Crippen MR) is 96.8 cm³/mol. The summed E-state index contributed by atoms with van der Waals surface area (Å²) in [6, 6.07) is 12.8. The molecule has 2 N–H and O–H groups in total. The van der Waals surface area contributed by atoms with Crippen molar-refractivity contribution in [2.75, 3.05) is 12.4 Å². The normalized spacial score (nSPS) is 10.5. The van der Waals surface area contributed by atoms with E-state index < -0.39 is 0 Å². The van der Waals surface area contributed by atoms with Crippen LogP contribution in [-0.2, 0) is 0 Å². The van der Waals surface area contributed by atoms with Crippen LogP contribution < -0.4 is 15.6 Å². The minimum Gasteiger partial charge on any atom is -0.497 e. The van der Waals surface area contributed by atoms with Crippen molar-refractivity contribution >= 4 is 27.6 Å². The summed E-state index contributed by atoms with van der Waals surface area (Å²) in [5.41, 5.74) is 2.51. The van der Waals surface area contributed by atoms with Crippen LogP contribution in [0.1, 0.15) is 5.56 Å². The molecule has 1 heterocycles. The number of nitrogens with one attached hydrogen (secondary N) is 2. The van der Waals surface area contributed by atoms with Crippen molar-refractivity contribution < 1.29 is 4.74 Å². The highest BCUT2D eigenvalue weighted by molar-refractivity contribution is 9.10. The van der Waals surface area contributed by atoms with Crippen molar-refractivity contribution in [1.82, 2.24) is 15.2 Å². The van der Waals surface area contributed by atoms with E-state index in [0.717, 1.165) is 15.7 Å². The number of nitrogens with zero attached hydrogens (tertiary/aromatic N) is 2. The van der Waals surface area contributed by atoms with Gasteiger partial charge in [-0.1, -0.05) is 15.9 Å². The van der Waals surface area contributed by atoms with Crippen LogP contribution in [0, 0.1) is 6.92 Å². The van der Waals surface area contributed by atoms with Crippen LogP contribution in [-0.4, -0.2) is 22.3 Å². The smallest absolute Gasteiger partial charge is 0.279 e. The zero-order chi connectivity index (χ0) is 17.1. The first-order valence-corrected chi connectivity index (χ1v) is 8.01. The van der Waals surface area contributed by atoms with Crippen molar-refractivity contribution in [2.24, 2.45) is 0 Å². The molecule has 3 aromatic rings. The van der Waals surface area contributed by atoms with Gasteiger partial charge in [-0.3, -0.25) is 9.78 Å². The minimum atomic E-state index is -0.313. The topological polar surface area (TPSA) is 79.9 Å². The third-order valence-electron chi connectivity index (χ3n) is 3.48. The molecule has 0 radical (unpaired) electrons. The molecule has 0 amide bonds. The van der Waals surface area contributed by atoms with Gasteiger partial charge in [0, 0.05) is 15.7 Å². The van der Waals surface area contributed by atoms with Gasteiger partial charge in [0.1, 0.15) is 5.75 Å². The average Bonchev–Trinajstić information content (AvgIpc) is 2.59. The van der Waals surface area contributed by atoms with Gasteiger partial charge in [0.05, 0.1) is 7.11 Å². The third kappa shape index (κ3) is 3.46. The van der Waals surface area contributed by atoms with Gasteiger partial charge in [0.25, 0.3) is 5.56 Å². The molecule has 0 aliphatic carbocycles. The Labute approximate surface area is 147 Å². The fraction of sp³-hybridized carbons (Fsp3) is 0.118. The van der Waals surface area contributed by atoms with E-state index in [9.17, 15) is 4.79 Å². The second-order valence-corrected chi connectivity index (χ2v) is 6.02. The summed E-state index contributed by atoms with van der Waals surface area (Å²) in [4.78, 5) is 15.0. The molecule has 122 valence electrons. The number of anilines is 2. The van der Waals surface area contributed by atoms with Crippen LogP contribution in [0.3, 0.4) is 0 Å². The number of halogens is 1. The van der Waals surface area contributed by atoms with Gasteiger partial charge in [-0.2, -0.15) is 0 Å². The number of hydrogen-bond acceptors (Lipinski definition) is 5. The van der Waals surface area contributed by atoms with Crippen molar-refractivity contribution in [3.63, 3.8) is 0 Å². The molecule has 0 spiro atoms. The predicted octanol–water partition coefficient (Wildman–Crippen LogP) is 3.66. The summed E-state index contributed by atoms with van der Waals surface area (Å²) in [6.07, 6.45) is 0. The standard InChI is InChI=1S/C17H15BrN4O2/c1-10-9-12(5-8-14(10)18)19-17-20-16(23)15(21-22-17)11-3-6-13(24-2)7-4-11/h3-9H,1-2H3,(H2,19,20,22,23). The Morgan fingerprint density at radius 1 is 1.12 bits per heavy atom. The Balaban J connectivity index is 1.86. The molecule has 0 saturated heterocycles. The zero-order valence-electron chi connectivity index (χ0n) is 13.1. The lowest BCUT2D eigenvalue weighted by Crippen LogP contribution is -2.15. The van der Waals surface area contributed by atoms with E-state index in [1.54, 1.807) is 31.4 Å². The first-order chi connectivity index (χ1) is 11.6.